The monoisotopic (exact) mass is 244 g/mol. The highest BCUT2D eigenvalue weighted by Gasteiger charge is 2.04. The van der Waals surface area contributed by atoms with Gasteiger partial charge >= 0.3 is 0 Å². The van der Waals surface area contributed by atoms with Crippen LogP contribution in [0.25, 0.3) is 0 Å². The van der Waals surface area contributed by atoms with Crippen molar-refractivity contribution in [1.82, 2.24) is 15.0 Å². The molecule has 2 aromatic rings. The zero-order valence-corrected chi connectivity index (χ0v) is 9.09. The Labute approximate surface area is 102 Å². The minimum atomic E-state index is -0.513. The average Bonchev–Trinajstić information content (AvgIpc) is 2.40. The van der Waals surface area contributed by atoms with Crippen molar-refractivity contribution in [2.75, 3.05) is 5.43 Å². The van der Waals surface area contributed by atoms with Crippen molar-refractivity contribution in [2.45, 2.75) is 0 Å². The maximum atomic E-state index is 10.4. The number of hydrogen-bond acceptors (Lipinski definition) is 7. The molecule has 1 N–H and O–H groups in total. The van der Waals surface area contributed by atoms with E-state index in [1.54, 1.807) is 12.3 Å². The molecule has 0 amide bonds. The quantitative estimate of drug-likeness (QED) is 0.492. The van der Waals surface area contributed by atoms with Crippen LogP contribution in [0.5, 0.6) is 0 Å². The van der Waals surface area contributed by atoms with Crippen molar-refractivity contribution >= 4 is 17.7 Å². The van der Waals surface area contributed by atoms with E-state index in [1.165, 1.54) is 24.7 Å². The van der Waals surface area contributed by atoms with Gasteiger partial charge in [-0.3, -0.25) is 15.5 Å². The third-order valence-corrected chi connectivity index (χ3v) is 1.94. The molecule has 0 fully saturated rings. The molecule has 8 nitrogen and oxygen atoms in total. The molecular formula is C10H8N6O2. The van der Waals surface area contributed by atoms with Gasteiger partial charge in [0.25, 0.3) is 5.69 Å². The van der Waals surface area contributed by atoms with Gasteiger partial charge in [-0.15, -0.1) is 0 Å². The molecule has 0 saturated heterocycles. The van der Waals surface area contributed by atoms with E-state index >= 15 is 0 Å². The summed E-state index contributed by atoms with van der Waals surface area (Å²) in [7, 11) is 0. The van der Waals surface area contributed by atoms with Crippen molar-refractivity contribution in [1.29, 1.82) is 0 Å². The van der Waals surface area contributed by atoms with Gasteiger partial charge in [-0.05, 0) is 12.1 Å². The molecule has 0 unspecified atom stereocenters. The molecule has 0 bridgehead atoms. The molecule has 90 valence electrons. The maximum Gasteiger partial charge on any atom is 0.287 e. The Bertz CT molecular complexity index is 554. The highest BCUT2D eigenvalue weighted by Crippen LogP contribution is 2.11. The van der Waals surface area contributed by atoms with Crippen molar-refractivity contribution in [3.05, 3.63) is 52.7 Å². The summed E-state index contributed by atoms with van der Waals surface area (Å²) in [6.45, 7) is 0. The molecule has 0 aliphatic rings. The van der Waals surface area contributed by atoms with Gasteiger partial charge in [0, 0.05) is 12.3 Å². The fraction of sp³-hybridized carbons (Fsp3) is 0. The Morgan fingerprint density at radius 1 is 1.33 bits per heavy atom. The largest absolute Gasteiger partial charge is 0.287 e. The molecule has 2 rings (SSSR count). The van der Waals surface area contributed by atoms with E-state index in [2.05, 4.69) is 25.5 Å². The number of pyridine rings is 1. The van der Waals surface area contributed by atoms with Gasteiger partial charge in [0.2, 0.25) is 0 Å². The summed E-state index contributed by atoms with van der Waals surface area (Å²) < 4.78 is 0. The zero-order chi connectivity index (χ0) is 12.8. The van der Waals surface area contributed by atoms with E-state index in [9.17, 15) is 10.1 Å². The van der Waals surface area contributed by atoms with E-state index in [4.69, 9.17) is 0 Å². The maximum absolute atomic E-state index is 10.4. The Hall–Kier alpha value is -2.90. The molecule has 0 radical (unpaired) electrons. The van der Waals surface area contributed by atoms with Gasteiger partial charge in [-0.25, -0.2) is 15.0 Å². The van der Waals surface area contributed by atoms with Crippen LogP contribution < -0.4 is 5.43 Å². The molecule has 18 heavy (non-hydrogen) atoms. The van der Waals surface area contributed by atoms with E-state index in [1.807, 2.05) is 0 Å². The molecule has 0 saturated carbocycles. The van der Waals surface area contributed by atoms with Crippen LogP contribution in [0.4, 0.5) is 11.5 Å². The SMILES string of the molecule is O=[N+]([O-])c1ccc(NN=Cc2ccncn2)nc1. The zero-order valence-electron chi connectivity index (χ0n) is 9.09. The van der Waals surface area contributed by atoms with E-state index < -0.39 is 4.92 Å². The number of hydrogen-bond donors (Lipinski definition) is 1. The van der Waals surface area contributed by atoms with Crippen molar-refractivity contribution in [3.63, 3.8) is 0 Å². The number of rotatable bonds is 4. The van der Waals surface area contributed by atoms with Crippen molar-refractivity contribution in [2.24, 2.45) is 5.10 Å². The highest BCUT2D eigenvalue weighted by molar-refractivity contribution is 5.77. The topological polar surface area (TPSA) is 106 Å². The molecule has 0 spiro atoms. The van der Waals surface area contributed by atoms with Crippen LogP contribution in [0.2, 0.25) is 0 Å². The second kappa shape index (κ2) is 5.43. The molecular weight excluding hydrogens is 236 g/mol. The molecule has 0 aliphatic heterocycles. The Morgan fingerprint density at radius 2 is 2.22 bits per heavy atom. The first-order chi connectivity index (χ1) is 8.75. The predicted octanol–water partition coefficient (Wildman–Crippen LogP) is 1.23. The lowest BCUT2D eigenvalue weighted by Crippen LogP contribution is -1.96. The van der Waals surface area contributed by atoms with E-state index in [0.29, 0.717) is 11.5 Å². The molecule has 0 aromatic carbocycles. The van der Waals surface area contributed by atoms with Crippen LogP contribution in [0.3, 0.4) is 0 Å². The normalized spacial score (nSPS) is 10.4. The van der Waals surface area contributed by atoms with E-state index in [0.717, 1.165) is 6.20 Å². The minimum absolute atomic E-state index is 0.0691. The second-order valence-electron chi connectivity index (χ2n) is 3.16. The van der Waals surface area contributed by atoms with Gasteiger partial charge in [-0.1, -0.05) is 0 Å². The fourth-order valence-electron chi connectivity index (χ4n) is 1.10. The lowest BCUT2D eigenvalue weighted by molar-refractivity contribution is -0.385. The first kappa shape index (κ1) is 11.6. The summed E-state index contributed by atoms with van der Waals surface area (Å²) in [6.07, 6.45) is 5.65. The number of anilines is 1. The van der Waals surface area contributed by atoms with Crippen LogP contribution in [0.15, 0.2) is 42.0 Å². The molecule has 0 atom stereocenters. The lowest BCUT2D eigenvalue weighted by atomic mass is 10.4. The van der Waals surface area contributed by atoms with E-state index in [-0.39, 0.29) is 5.69 Å². The number of hydrazone groups is 1. The summed E-state index contributed by atoms with van der Waals surface area (Å²) in [5.74, 6) is 0.408. The van der Waals surface area contributed by atoms with Crippen LogP contribution in [0, 0.1) is 10.1 Å². The molecule has 2 aromatic heterocycles. The number of nitrogens with one attached hydrogen (secondary N) is 1. The molecule has 2 heterocycles. The fourth-order valence-corrected chi connectivity index (χ4v) is 1.10. The number of aromatic nitrogens is 3. The van der Waals surface area contributed by atoms with Crippen LogP contribution in [-0.4, -0.2) is 26.1 Å². The van der Waals surface area contributed by atoms with Gasteiger partial charge in [0.15, 0.2) is 0 Å². The Morgan fingerprint density at radius 3 is 2.83 bits per heavy atom. The first-order valence-electron chi connectivity index (χ1n) is 4.91. The van der Waals surface area contributed by atoms with Crippen LogP contribution in [0.1, 0.15) is 5.69 Å². The summed E-state index contributed by atoms with van der Waals surface area (Å²) >= 11 is 0. The predicted molar refractivity (Wildman–Crippen MR) is 64.1 cm³/mol. The van der Waals surface area contributed by atoms with Crippen LogP contribution in [-0.2, 0) is 0 Å². The lowest BCUT2D eigenvalue weighted by Gasteiger charge is -1.97. The van der Waals surface area contributed by atoms with Gasteiger partial charge < -0.3 is 0 Å². The summed E-state index contributed by atoms with van der Waals surface area (Å²) in [5, 5.41) is 14.3. The minimum Gasteiger partial charge on any atom is -0.261 e. The van der Waals surface area contributed by atoms with Gasteiger partial charge in [-0.2, -0.15) is 5.10 Å². The highest BCUT2D eigenvalue weighted by atomic mass is 16.6. The van der Waals surface area contributed by atoms with Gasteiger partial charge in [0.05, 0.1) is 16.8 Å². The third-order valence-electron chi connectivity index (χ3n) is 1.94. The molecule has 8 heteroatoms. The van der Waals surface area contributed by atoms with Crippen LogP contribution >= 0.6 is 0 Å². The summed E-state index contributed by atoms with van der Waals surface area (Å²) in [6, 6.07) is 4.50. The van der Waals surface area contributed by atoms with Crippen molar-refractivity contribution < 1.29 is 4.92 Å². The van der Waals surface area contributed by atoms with Gasteiger partial charge in [0.1, 0.15) is 18.3 Å². The standard InChI is InChI=1S/C10H8N6O2/c17-16(18)9-1-2-10(12-6-9)15-14-5-8-3-4-11-7-13-8/h1-7H,(H,12,15). The first-order valence-corrected chi connectivity index (χ1v) is 4.91. The average molecular weight is 244 g/mol. The van der Waals surface area contributed by atoms with Crippen molar-refractivity contribution in [3.8, 4) is 0 Å². The second-order valence-corrected chi connectivity index (χ2v) is 3.16. The molecule has 0 aliphatic carbocycles. The number of nitro groups is 1. The third kappa shape index (κ3) is 3.04. The smallest absolute Gasteiger partial charge is 0.261 e. The Kier molecular flexibility index (Phi) is 3.50. The summed E-state index contributed by atoms with van der Waals surface area (Å²) in [5.41, 5.74) is 3.20. The number of nitrogens with zero attached hydrogens (tertiary/aromatic N) is 5. The Balaban J connectivity index is 1.98. The summed E-state index contributed by atoms with van der Waals surface area (Å²) in [4.78, 5) is 21.4.